The van der Waals surface area contributed by atoms with E-state index in [1.54, 1.807) is 6.07 Å². The molecule has 1 aromatic rings. The van der Waals surface area contributed by atoms with E-state index in [-0.39, 0.29) is 22.5 Å². The lowest BCUT2D eigenvalue weighted by molar-refractivity contribution is 0.564. The van der Waals surface area contributed by atoms with E-state index >= 15 is 0 Å². The van der Waals surface area contributed by atoms with Gasteiger partial charge in [-0.3, -0.25) is 0 Å². The molecule has 1 unspecified atom stereocenters. The molecule has 0 aliphatic rings. The third kappa shape index (κ3) is 4.22. The molecule has 4 nitrogen and oxygen atoms in total. The Morgan fingerprint density at radius 2 is 2.18 bits per heavy atom. The number of rotatable bonds is 5. The largest absolute Gasteiger partial charge is 0.327 e. The lowest BCUT2D eigenvalue weighted by Gasteiger charge is -2.12. The average molecular weight is 342 g/mol. The van der Waals surface area contributed by atoms with E-state index in [0.717, 1.165) is 4.47 Å². The van der Waals surface area contributed by atoms with Gasteiger partial charge in [0.15, 0.2) is 0 Å². The Bertz CT molecular complexity index is 493. The summed E-state index contributed by atoms with van der Waals surface area (Å²) in [5.74, 6) is 0. The van der Waals surface area contributed by atoms with Crippen LogP contribution in [-0.2, 0) is 10.0 Å². The van der Waals surface area contributed by atoms with Crippen LogP contribution < -0.4 is 10.5 Å². The van der Waals surface area contributed by atoms with Gasteiger partial charge in [-0.25, -0.2) is 13.1 Å². The third-order valence-corrected chi connectivity index (χ3v) is 4.64. The van der Waals surface area contributed by atoms with Gasteiger partial charge in [-0.15, -0.1) is 0 Å². The fourth-order valence-corrected chi connectivity index (χ4v) is 3.26. The van der Waals surface area contributed by atoms with E-state index in [2.05, 4.69) is 20.7 Å². The molecule has 0 fully saturated rings. The maximum absolute atomic E-state index is 11.9. The molecule has 0 bridgehead atoms. The first-order valence-electron chi connectivity index (χ1n) is 5.07. The summed E-state index contributed by atoms with van der Waals surface area (Å²) in [4.78, 5) is 0.0608. The number of nitrogens with two attached hydrogens (primary N) is 1. The highest BCUT2D eigenvalue weighted by Gasteiger charge is 2.18. The summed E-state index contributed by atoms with van der Waals surface area (Å²) >= 11 is 9.10. The van der Waals surface area contributed by atoms with Crippen molar-refractivity contribution in [1.29, 1.82) is 0 Å². The van der Waals surface area contributed by atoms with Gasteiger partial charge in [-0.05, 0) is 24.6 Å². The monoisotopic (exact) mass is 340 g/mol. The molecule has 0 saturated carbocycles. The second-order valence-electron chi connectivity index (χ2n) is 3.59. The van der Waals surface area contributed by atoms with Crippen LogP contribution in [-0.4, -0.2) is 21.0 Å². The maximum atomic E-state index is 11.9. The summed E-state index contributed by atoms with van der Waals surface area (Å²) in [7, 11) is -3.60. The molecular formula is C10H14BrClN2O2S. The van der Waals surface area contributed by atoms with E-state index < -0.39 is 10.0 Å². The van der Waals surface area contributed by atoms with Gasteiger partial charge >= 0.3 is 0 Å². The van der Waals surface area contributed by atoms with Crippen molar-refractivity contribution >= 4 is 37.6 Å². The number of benzene rings is 1. The van der Waals surface area contributed by atoms with Crippen molar-refractivity contribution in [2.24, 2.45) is 5.73 Å². The summed E-state index contributed by atoms with van der Waals surface area (Å²) in [6.07, 6.45) is 0.705. The summed E-state index contributed by atoms with van der Waals surface area (Å²) in [5.41, 5.74) is 5.65. The van der Waals surface area contributed by atoms with E-state index in [1.807, 2.05) is 6.92 Å². The van der Waals surface area contributed by atoms with Gasteiger partial charge in [0.2, 0.25) is 10.0 Å². The summed E-state index contributed by atoms with van der Waals surface area (Å²) < 4.78 is 27.0. The van der Waals surface area contributed by atoms with Crippen LogP contribution in [0.3, 0.4) is 0 Å². The van der Waals surface area contributed by atoms with E-state index in [0.29, 0.717) is 6.42 Å². The second-order valence-corrected chi connectivity index (χ2v) is 6.65. The van der Waals surface area contributed by atoms with Crippen LogP contribution in [0.5, 0.6) is 0 Å². The predicted octanol–water partition coefficient (Wildman–Crippen LogP) is 2.12. The molecule has 1 atom stereocenters. The smallest absolute Gasteiger partial charge is 0.242 e. The standard InChI is InChI=1S/C10H14BrClN2O2S/c1-2-8(13)6-14-17(15,16)10-4-3-7(11)5-9(10)12/h3-5,8,14H,2,6,13H2,1H3. The molecule has 1 rings (SSSR count). The fraction of sp³-hybridized carbons (Fsp3) is 0.400. The van der Waals surface area contributed by atoms with Crippen LogP contribution in [0.2, 0.25) is 5.02 Å². The molecule has 7 heteroatoms. The highest BCUT2D eigenvalue weighted by Crippen LogP contribution is 2.24. The molecule has 0 saturated heterocycles. The van der Waals surface area contributed by atoms with Crippen LogP contribution in [0.15, 0.2) is 27.6 Å². The van der Waals surface area contributed by atoms with E-state index in [1.165, 1.54) is 12.1 Å². The van der Waals surface area contributed by atoms with E-state index in [9.17, 15) is 8.42 Å². The highest BCUT2D eigenvalue weighted by molar-refractivity contribution is 9.10. The van der Waals surface area contributed by atoms with Gasteiger partial charge in [0.1, 0.15) is 4.90 Å². The van der Waals surface area contributed by atoms with Gasteiger partial charge < -0.3 is 5.73 Å². The molecule has 0 aromatic heterocycles. The Morgan fingerprint density at radius 3 is 2.71 bits per heavy atom. The van der Waals surface area contributed by atoms with Crippen molar-refractivity contribution in [2.45, 2.75) is 24.3 Å². The Balaban J connectivity index is 2.90. The van der Waals surface area contributed by atoms with Crippen molar-refractivity contribution < 1.29 is 8.42 Å². The first-order valence-corrected chi connectivity index (χ1v) is 7.72. The summed E-state index contributed by atoms with van der Waals surface area (Å²) in [6.45, 7) is 2.09. The fourth-order valence-electron chi connectivity index (χ4n) is 1.13. The molecule has 0 amide bonds. The number of halogens is 2. The zero-order valence-electron chi connectivity index (χ0n) is 9.28. The summed E-state index contributed by atoms with van der Waals surface area (Å²) in [6, 6.07) is 4.42. The van der Waals surface area contributed by atoms with Crippen LogP contribution >= 0.6 is 27.5 Å². The molecule has 96 valence electrons. The van der Waals surface area contributed by atoms with Gasteiger partial charge in [0, 0.05) is 17.1 Å². The lowest BCUT2D eigenvalue weighted by atomic mass is 10.2. The maximum Gasteiger partial charge on any atom is 0.242 e. The molecular weight excluding hydrogens is 328 g/mol. The number of sulfonamides is 1. The van der Waals surface area contributed by atoms with Crippen molar-refractivity contribution in [2.75, 3.05) is 6.54 Å². The lowest BCUT2D eigenvalue weighted by Crippen LogP contribution is -2.36. The second kappa shape index (κ2) is 6.15. The minimum atomic E-state index is -3.60. The van der Waals surface area contributed by atoms with Crippen LogP contribution in [0.1, 0.15) is 13.3 Å². The minimum absolute atomic E-state index is 0.0608. The van der Waals surface area contributed by atoms with Gasteiger partial charge in [-0.1, -0.05) is 34.5 Å². The topological polar surface area (TPSA) is 72.2 Å². The van der Waals surface area contributed by atoms with Crippen molar-refractivity contribution in [3.05, 3.63) is 27.7 Å². The van der Waals surface area contributed by atoms with Gasteiger partial charge in [0.25, 0.3) is 0 Å². The van der Waals surface area contributed by atoms with Crippen LogP contribution in [0, 0.1) is 0 Å². The molecule has 0 heterocycles. The molecule has 17 heavy (non-hydrogen) atoms. The van der Waals surface area contributed by atoms with Crippen molar-refractivity contribution in [3.8, 4) is 0 Å². The van der Waals surface area contributed by atoms with Crippen molar-refractivity contribution in [3.63, 3.8) is 0 Å². The quantitative estimate of drug-likeness (QED) is 0.861. The van der Waals surface area contributed by atoms with Gasteiger partial charge in [-0.2, -0.15) is 0 Å². The molecule has 1 aromatic carbocycles. The van der Waals surface area contributed by atoms with Crippen LogP contribution in [0.4, 0.5) is 0 Å². The average Bonchev–Trinajstić information content (AvgIpc) is 2.25. The van der Waals surface area contributed by atoms with Crippen molar-refractivity contribution in [1.82, 2.24) is 4.72 Å². The molecule has 3 N–H and O–H groups in total. The SMILES string of the molecule is CCC(N)CNS(=O)(=O)c1ccc(Br)cc1Cl. The highest BCUT2D eigenvalue weighted by atomic mass is 79.9. The Kier molecular flexibility index (Phi) is 5.40. The third-order valence-electron chi connectivity index (χ3n) is 2.24. The van der Waals surface area contributed by atoms with Crippen LogP contribution in [0.25, 0.3) is 0 Å². The molecule has 0 aliphatic carbocycles. The minimum Gasteiger partial charge on any atom is -0.327 e. The number of hydrogen-bond acceptors (Lipinski definition) is 3. The first kappa shape index (κ1) is 14.9. The zero-order valence-corrected chi connectivity index (χ0v) is 12.4. The number of nitrogens with one attached hydrogen (secondary N) is 1. The molecule has 0 aliphatic heterocycles. The predicted molar refractivity (Wildman–Crippen MR) is 72.6 cm³/mol. The Hall–Kier alpha value is -0.140. The van der Waals surface area contributed by atoms with Gasteiger partial charge in [0.05, 0.1) is 5.02 Å². The summed E-state index contributed by atoms with van der Waals surface area (Å²) in [5, 5.41) is 0.178. The zero-order chi connectivity index (χ0) is 13.1. The van der Waals surface area contributed by atoms with E-state index in [4.69, 9.17) is 17.3 Å². The molecule has 0 radical (unpaired) electrons. The molecule has 0 spiro atoms. The normalized spacial score (nSPS) is 13.6. The number of hydrogen-bond donors (Lipinski definition) is 2. The first-order chi connectivity index (χ1) is 7.86. The Labute approximate surface area is 115 Å². The Morgan fingerprint density at radius 1 is 1.53 bits per heavy atom.